The largest absolute Gasteiger partial charge is 0.497 e. The van der Waals surface area contributed by atoms with Crippen LogP contribution >= 0.6 is 0 Å². The predicted molar refractivity (Wildman–Crippen MR) is 104 cm³/mol. The molecule has 7 nitrogen and oxygen atoms in total. The molecule has 1 aliphatic heterocycles. The predicted octanol–water partition coefficient (Wildman–Crippen LogP) is 1.48. The molecule has 0 radical (unpaired) electrons. The maximum absolute atomic E-state index is 5.43. The van der Waals surface area contributed by atoms with Crippen LogP contribution < -0.4 is 20.1 Å². The Morgan fingerprint density at radius 3 is 2.65 bits per heavy atom. The van der Waals surface area contributed by atoms with Crippen LogP contribution in [0.15, 0.2) is 23.2 Å². The van der Waals surface area contributed by atoms with Crippen molar-refractivity contribution in [3.05, 3.63) is 23.8 Å². The minimum absolute atomic E-state index is 0.640. The summed E-state index contributed by atoms with van der Waals surface area (Å²) in [6.07, 6.45) is 2.29. The van der Waals surface area contributed by atoms with Crippen LogP contribution in [0.3, 0.4) is 0 Å². The van der Waals surface area contributed by atoms with E-state index in [2.05, 4.69) is 20.5 Å². The van der Waals surface area contributed by atoms with Gasteiger partial charge in [-0.1, -0.05) is 0 Å². The Balaban J connectivity index is 1.67. The number of ether oxygens (including phenoxy) is 3. The summed E-state index contributed by atoms with van der Waals surface area (Å²) in [4.78, 5) is 6.75. The van der Waals surface area contributed by atoms with E-state index in [9.17, 15) is 0 Å². The van der Waals surface area contributed by atoms with Gasteiger partial charge in [-0.25, -0.2) is 0 Å². The maximum Gasteiger partial charge on any atom is 0.191 e. The number of unbranched alkanes of at least 4 members (excludes halogenated alkanes) is 1. The number of morpholine rings is 1. The number of nitrogens with zero attached hydrogens (tertiary/aromatic N) is 2. The molecule has 0 spiro atoms. The summed E-state index contributed by atoms with van der Waals surface area (Å²) in [7, 11) is 5.10. The van der Waals surface area contributed by atoms with Gasteiger partial charge in [-0.3, -0.25) is 9.89 Å². The summed E-state index contributed by atoms with van der Waals surface area (Å²) in [6, 6.07) is 5.82. The zero-order valence-electron chi connectivity index (χ0n) is 16.2. The molecule has 1 heterocycles. The molecular formula is C19H32N4O3. The summed E-state index contributed by atoms with van der Waals surface area (Å²) in [6.45, 7) is 6.53. The number of aliphatic imine (C=N–C) groups is 1. The Morgan fingerprint density at radius 2 is 1.96 bits per heavy atom. The highest BCUT2D eigenvalue weighted by Crippen LogP contribution is 2.24. The second kappa shape index (κ2) is 11.6. The molecular weight excluding hydrogens is 332 g/mol. The van der Waals surface area contributed by atoms with E-state index in [1.807, 2.05) is 18.2 Å². The average Bonchev–Trinajstić information content (AvgIpc) is 2.70. The third kappa shape index (κ3) is 6.72. The van der Waals surface area contributed by atoms with Crippen molar-refractivity contribution >= 4 is 5.96 Å². The molecule has 0 saturated carbocycles. The molecule has 0 aliphatic carbocycles. The number of benzene rings is 1. The van der Waals surface area contributed by atoms with E-state index in [4.69, 9.17) is 14.2 Å². The summed E-state index contributed by atoms with van der Waals surface area (Å²) < 4.78 is 16.0. The third-order valence-corrected chi connectivity index (χ3v) is 4.46. The first-order valence-corrected chi connectivity index (χ1v) is 9.22. The van der Waals surface area contributed by atoms with Crippen LogP contribution in [0.1, 0.15) is 18.4 Å². The van der Waals surface area contributed by atoms with Crippen molar-refractivity contribution in [2.24, 2.45) is 4.99 Å². The minimum Gasteiger partial charge on any atom is -0.497 e. The molecule has 0 amide bonds. The van der Waals surface area contributed by atoms with Crippen LogP contribution in [0.4, 0.5) is 0 Å². The van der Waals surface area contributed by atoms with Crippen molar-refractivity contribution in [2.45, 2.75) is 19.4 Å². The molecule has 0 aromatic heterocycles. The Bertz CT molecular complexity index is 560. The van der Waals surface area contributed by atoms with Crippen molar-refractivity contribution in [3.8, 4) is 11.5 Å². The molecule has 7 heteroatoms. The number of hydrogen-bond acceptors (Lipinski definition) is 5. The van der Waals surface area contributed by atoms with Crippen LogP contribution in [0.5, 0.6) is 11.5 Å². The molecule has 0 bridgehead atoms. The van der Waals surface area contributed by atoms with E-state index >= 15 is 0 Å². The summed E-state index contributed by atoms with van der Waals surface area (Å²) in [5, 5.41) is 6.70. The first-order chi connectivity index (χ1) is 12.8. The van der Waals surface area contributed by atoms with Gasteiger partial charge in [0.1, 0.15) is 11.5 Å². The fraction of sp³-hybridized carbons (Fsp3) is 0.632. The lowest BCUT2D eigenvalue weighted by atomic mass is 10.2. The number of methoxy groups -OCH3 is 2. The normalized spacial score (nSPS) is 15.6. The van der Waals surface area contributed by atoms with E-state index in [-0.39, 0.29) is 0 Å². The van der Waals surface area contributed by atoms with E-state index in [0.29, 0.717) is 6.54 Å². The van der Waals surface area contributed by atoms with Gasteiger partial charge in [-0.15, -0.1) is 0 Å². The Hall–Kier alpha value is -1.99. The van der Waals surface area contributed by atoms with Gasteiger partial charge in [0.15, 0.2) is 5.96 Å². The summed E-state index contributed by atoms with van der Waals surface area (Å²) in [5.41, 5.74) is 1.06. The first kappa shape index (κ1) is 20.3. The van der Waals surface area contributed by atoms with E-state index in [1.54, 1.807) is 21.3 Å². The van der Waals surface area contributed by atoms with Crippen LogP contribution in [-0.4, -0.2) is 71.5 Å². The molecule has 2 rings (SSSR count). The zero-order chi connectivity index (χ0) is 18.6. The maximum atomic E-state index is 5.43. The number of guanidine groups is 1. The van der Waals surface area contributed by atoms with E-state index in [1.165, 1.54) is 6.42 Å². The molecule has 1 aliphatic rings. The van der Waals surface area contributed by atoms with Crippen molar-refractivity contribution in [1.29, 1.82) is 0 Å². The number of nitrogens with one attached hydrogen (secondary N) is 2. The second-order valence-corrected chi connectivity index (χ2v) is 6.19. The topological polar surface area (TPSA) is 67.4 Å². The molecule has 0 atom stereocenters. The SMILES string of the molecule is CN=C(NCCCCN1CCOCC1)NCc1ccc(OC)cc1OC. The van der Waals surface area contributed by atoms with Gasteiger partial charge in [-0.05, 0) is 31.5 Å². The van der Waals surface area contributed by atoms with Gasteiger partial charge in [0.05, 0.1) is 27.4 Å². The van der Waals surface area contributed by atoms with Crippen LogP contribution in [0.25, 0.3) is 0 Å². The lowest BCUT2D eigenvalue weighted by Gasteiger charge is -2.26. The Labute approximate surface area is 156 Å². The highest BCUT2D eigenvalue weighted by molar-refractivity contribution is 5.79. The fourth-order valence-corrected chi connectivity index (χ4v) is 2.89. The van der Waals surface area contributed by atoms with Crippen molar-refractivity contribution in [2.75, 3.05) is 60.7 Å². The molecule has 0 unspecified atom stereocenters. The lowest BCUT2D eigenvalue weighted by Crippen LogP contribution is -2.38. The first-order valence-electron chi connectivity index (χ1n) is 9.22. The average molecular weight is 364 g/mol. The third-order valence-electron chi connectivity index (χ3n) is 4.46. The molecule has 26 heavy (non-hydrogen) atoms. The standard InChI is InChI=1S/C19H32N4O3/c1-20-19(21-8-4-5-9-23-10-12-26-13-11-23)22-15-16-6-7-17(24-2)14-18(16)25-3/h6-7,14H,4-5,8-13,15H2,1-3H3,(H2,20,21,22). The van der Waals surface area contributed by atoms with Gasteiger partial charge < -0.3 is 24.8 Å². The number of hydrogen-bond donors (Lipinski definition) is 2. The fourth-order valence-electron chi connectivity index (χ4n) is 2.89. The van der Waals surface area contributed by atoms with E-state index in [0.717, 1.165) is 68.8 Å². The van der Waals surface area contributed by atoms with Gasteiger partial charge >= 0.3 is 0 Å². The van der Waals surface area contributed by atoms with Gasteiger partial charge in [0.2, 0.25) is 0 Å². The Morgan fingerprint density at radius 1 is 1.15 bits per heavy atom. The minimum atomic E-state index is 0.640. The van der Waals surface area contributed by atoms with Crippen molar-refractivity contribution < 1.29 is 14.2 Å². The number of rotatable bonds is 9. The van der Waals surface area contributed by atoms with Gasteiger partial charge in [0, 0.05) is 44.9 Å². The molecule has 1 saturated heterocycles. The summed E-state index contributed by atoms with van der Waals surface area (Å²) >= 11 is 0. The van der Waals surface area contributed by atoms with Crippen molar-refractivity contribution in [3.63, 3.8) is 0 Å². The monoisotopic (exact) mass is 364 g/mol. The quantitative estimate of drug-likeness (QED) is 0.393. The van der Waals surface area contributed by atoms with Gasteiger partial charge in [0.25, 0.3) is 0 Å². The van der Waals surface area contributed by atoms with Crippen LogP contribution in [-0.2, 0) is 11.3 Å². The Kier molecular flexibility index (Phi) is 9.06. The second-order valence-electron chi connectivity index (χ2n) is 6.19. The zero-order valence-corrected chi connectivity index (χ0v) is 16.2. The van der Waals surface area contributed by atoms with Crippen molar-refractivity contribution in [1.82, 2.24) is 15.5 Å². The highest BCUT2D eigenvalue weighted by atomic mass is 16.5. The summed E-state index contributed by atoms with van der Waals surface area (Å²) in [5.74, 6) is 2.39. The highest BCUT2D eigenvalue weighted by Gasteiger charge is 2.09. The smallest absolute Gasteiger partial charge is 0.191 e. The molecule has 1 aromatic rings. The molecule has 1 fully saturated rings. The molecule has 2 N–H and O–H groups in total. The van der Waals surface area contributed by atoms with E-state index < -0.39 is 0 Å². The van der Waals surface area contributed by atoms with Gasteiger partial charge in [-0.2, -0.15) is 0 Å². The van der Waals surface area contributed by atoms with Crippen LogP contribution in [0, 0.1) is 0 Å². The molecule has 1 aromatic carbocycles. The lowest BCUT2D eigenvalue weighted by molar-refractivity contribution is 0.0372. The molecule has 146 valence electrons. The van der Waals surface area contributed by atoms with Crippen LogP contribution in [0.2, 0.25) is 0 Å².